The van der Waals surface area contributed by atoms with Crippen LogP contribution in [0.1, 0.15) is 30.2 Å². The summed E-state index contributed by atoms with van der Waals surface area (Å²) in [6, 6.07) is 14.6. The first kappa shape index (κ1) is 18.7. The van der Waals surface area contributed by atoms with Gasteiger partial charge >= 0.3 is 11.9 Å². The molecule has 0 fully saturated rings. The van der Waals surface area contributed by atoms with Crippen LogP contribution in [0.4, 0.5) is 5.69 Å². The Morgan fingerprint density at radius 3 is 2.69 bits per heavy atom. The molecule has 0 spiro atoms. The minimum atomic E-state index is -0.968. The lowest BCUT2D eigenvalue weighted by Gasteiger charge is -2.07. The number of benzene rings is 2. The van der Waals surface area contributed by atoms with Crippen molar-refractivity contribution in [3.63, 3.8) is 0 Å². The van der Waals surface area contributed by atoms with E-state index in [4.69, 9.17) is 4.42 Å². The van der Waals surface area contributed by atoms with Crippen LogP contribution < -0.4 is 10.7 Å². The molecule has 2 aromatic carbocycles. The topological polar surface area (TPSA) is 85.6 Å². The van der Waals surface area contributed by atoms with Gasteiger partial charge in [-0.05, 0) is 55.2 Å². The highest BCUT2D eigenvalue weighted by Gasteiger charge is 2.24. The summed E-state index contributed by atoms with van der Waals surface area (Å²) in [7, 11) is 0. The number of rotatable bonds is 3. The van der Waals surface area contributed by atoms with Gasteiger partial charge in [0, 0.05) is 11.3 Å². The fourth-order valence-corrected chi connectivity index (χ4v) is 3.44. The Hall–Kier alpha value is -3.67. The van der Waals surface area contributed by atoms with Crippen LogP contribution in [0, 0.1) is 0 Å². The van der Waals surface area contributed by atoms with Crippen molar-refractivity contribution in [1.29, 1.82) is 0 Å². The van der Waals surface area contributed by atoms with Gasteiger partial charge in [0.2, 0.25) is 0 Å². The molecule has 0 bridgehead atoms. The first-order chi connectivity index (χ1) is 14.1. The Kier molecular flexibility index (Phi) is 4.99. The third-order valence-electron chi connectivity index (χ3n) is 4.78. The van der Waals surface area contributed by atoms with E-state index in [9.17, 15) is 14.4 Å². The van der Waals surface area contributed by atoms with Gasteiger partial charge in [-0.1, -0.05) is 30.3 Å². The van der Waals surface area contributed by atoms with Crippen LogP contribution in [0.3, 0.4) is 0 Å². The van der Waals surface area contributed by atoms with Gasteiger partial charge in [0.05, 0.1) is 12.0 Å². The fourth-order valence-electron chi connectivity index (χ4n) is 3.44. The molecule has 1 aromatic heterocycles. The molecule has 1 aliphatic rings. The van der Waals surface area contributed by atoms with Crippen molar-refractivity contribution in [1.82, 2.24) is 0 Å². The molecule has 4 rings (SSSR count). The number of hydrogen-bond acceptors (Lipinski definition) is 5. The van der Waals surface area contributed by atoms with E-state index in [1.165, 1.54) is 6.07 Å². The molecule has 1 aliphatic carbocycles. The SMILES string of the molecule is CCOC(=O)C(=O)Nc1ccc2oc3c(c(=O)c2c1)CCC3=Cc1ccccc1. The summed E-state index contributed by atoms with van der Waals surface area (Å²) in [5.41, 5.74) is 3.32. The van der Waals surface area contributed by atoms with E-state index in [1.54, 1.807) is 19.1 Å². The predicted octanol–water partition coefficient (Wildman–Crippen LogP) is 3.78. The molecule has 3 aromatic rings. The lowest BCUT2D eigenvalue weighted by Crippen LogP contribution is -2.25. The summed E-state index contributed by atoms with van der Waals surface area (Å²) in [5.74, 6) is -1.23. The minimum Gasteiger partial charge on any atom is -0.459 e. The third-order valence-corrected chi connectivity index (χ3v) is 4.78. The monoisotopic (exact) mass is 389 g/mol. The van der Waals surface area contributed by atoms with Gasteiger partial charge in [-0.3, -0.25) is 9.59 Å². The molecule has 6 heteroatoms. The summed E-state index contributed by atoms with van der Waals surface area (Å²) < 4.78 is 10.7. The Bertz CT molecular complexity index is 1190. The van der Waals surface area contributed by atoms with E-state index in [1.807, 2.05) is 36.4 Å². The van der Waals surface area contributed by atoms with Crippen molar-refractivity contribution in [2.75, 3.05) is 11.9 Å². The molecule has 0 radical (unpaired) electrons. The maximum Gasteiger partial charge on any atom is 0.397 e. The van der Waals surface area contributed by atoms with Crippen molar-refractivity contribution >= 4 is 40.2 Å². The maximum atomic E-state index is 13.0. The van der Waals surface area contributed by atoms with Crippen LogP contribution in [-0.2, 0) is 20.7 Å². The molecule has 1 heterocycles. The third kappa shape index (κ3) is 3.69. The number of carbonyl (C=O) groups excluding carboxylic acids is 2. The van der Waals surface area contributed by atoms with Crippen molar-refractivity contribution in [3.05, 3.63) is 75.6 Å². The van der Waals surface area contributed by atoms with E-state index in [0.717, 1.165) is 17.6 Å². The standard InChI is InChI=1S/C23H19NO5/c1-2-28-23(27)22(26)24-16-9-11-19-18(13-16)20(25)17-10-8-15(21(17)29-19)12-14-6-4-3-5-7-14/h3-7,9,11-13H,2,8,10H2,1H3,(H,24,26). The fraction of sp³-hybridized carbons (Fsp3) is 0.174. The minimum absolute atomic E-state index is 0.110. The average Bonchev–Trinajstić information content (AvgIpc) is 3.12. The summed E-state index contributed by atoms with van der Waals surface area (Å²) in [5, 5.41) is 2.82. The molecule has 0 saturated carbocycles. The van der Waals surface area contributed by atoms with Crippen LogP contribution in [0.15, 0.2) is 57.7 Å². The van der Waals surface area contributed by atoms with E-state index >= 15 is 0 Å². The van der Waals surface area contributed by atoms with E-state index in [-0.39, 0.29) is 12.0 Å². The van der Waals surface area contributed by atoms with Gasteiger partial charge in [-0.2, -0.15) is 0 Å². The molecule has 1 N–H and O–H groups in total. The smallest absolute Gasteiger partial charge is 0.397 e. The number of allylic oxidation sites excluding steroid dienone is 1. The first-order valence-electron chi connectivity index (χ1n) is 9.40. The van der Waals surface area contributed by atoms with Gasteiger partial charge < -0.3 is 14.5 Å². The van der Waals surface area contributed by atoms with Gasteiger partial charge in [-0.25, -0.2) is 4.79 Å². The first-order valence-corrected chi connectivity index (χ1v) is 9.40. The number of amides is 1. The van der Waals surface area contributed by atoms with Gasteiger partial charge in [-0.15, -0.1) is 0 Å². The Morgan fingerprint density at radius 2 is 1.93 bits per heavy atom. The second-order valence-corrected chi connectivity index (χ2v) is 6.70. The zero-order valence-corrected chi connectivity index (χ0v) is 15.9. The molecule has 146 valence electrons. The van der Waals surface area contributed by atoms with Crippen molar-refractivity contribution < 1.29 is 18.7 Å². The van der Waals surface area contributed by atoms with Crippen LogP contribution >= 0.6 is 0 Å². The Labute approximate surface area is 166 Å². The zero-order chi connectivity index (χ0) is 20.4. The van der Waals surface area contributed by atoms with Crippen LogP contribution in [-0.4, -0.2) is 18.5 Å². The zero-order valence-electron chi connectivity index (χ0n) is 15.9. The molecular formula is C23H19NO5. The highest BCUT2D eigenvalue weighted by atomic mass is 16.5. The van der Waals surface area contributed by atoms with Crippen LogP contribution in [0.25, 0.3) is 22.6 Å². The normalized spacial score (nSPS) is 14.0. The summed E-state index contributed by atoms with van der Waals surface area (Å²) in [6.45, 7) is 1.73. The number of esters is 1. The highest BCUT2D eigenvalue weighted by molar-refractivity contribution is 6.37. The second kappa shape index (κ2) is 7.75. The number of fused-ring (bicyclic) bond motifs is 2. The van der Waals surface area contributed by atoms with Crippen molar-refractivity contribution in [3.8, 4) is 0 Å². The number of carbonyl (C=O) groups is 2. The number of ether oxygens (including phenoxy) is 1. The molecule has 0 atom stereocenters. The van der Waals surface area contributed by atoms with E-state index in [2.05, 4.69) is 10.1 Å². The van der Waals surface area contributed by atoms with Gasteiger partial charge in [0.1, 0.15) is 11.3 Å². The molecule has 0 aliphatic heterocycles. The van der Waals surface area contributed by atoms with E-state index < -0.39 is 11.9 Å². The number of hydrogen-bond donors (Lipinski definition) is 1. The Morgan fingerprint density at radius 1 is 1.14 bits per heavy atom. The number of nitrogens with one attached hydrogen (secondary N) is 1. The summed E-state index contributed by atoms with van der Waals surface area (Å²) >= 11 is 0. The predicted molar refractivity (Wildman–Crippen MR) is 110 cm³/mol. The maximum absolute atomic E-state index is 13.0. The van der Waals surface area contributed by atoms with E-state index in [0.29, 0.717) is 34.4 Å². The Balaban J connectivity index is 1.70. The van der Waals surface area contributed by atoms with Crippen molar-refractivity contribution in [2.45, 2.75) is 19.8 Å². The highest BCUT2D eigenvalue weighted by Crippen LogP contribution is 2.34. The van der Waals surface area contributed by atoms with Crippen LogP contribution in [0.5, 0.6) is 0 Å². The molecule has 0 unspecified atom stereocenters. The largest absolute Gasteiger partial charge is 0.459 e. The lowest BCUT2D eigenvalue weighted by molar-refractivity contribution is -0.152. The molecular weight excluding hydrogens is 370 g/mol. The van der Waals surface area contributed by atoms with Crippen LogP contribution in [0.2, 0.25) is 0 Å². The van der Waals surface area contributed by atoms with Gasteiger partial charge in [0.15, 0.2) is 5.43 Å². The summed E-state index contributed by atoms with van der Waals surface area (Å²) in [6.07, 6.45) is 3.37. The quantitative estimate of drug-likeness (QED) is 0.544. The molecule has 6 nitrogen and oxygen atoms in total. The molecule has 0 saturated heterocycles. The molecule has 29 heavy (non-hydrogen) atoms. The summed E-state index contributed by atoms with van der Waals surface area (Å²) in [4.78, 5) is 36.3. The lowest BCUT2D eigenvalue weighted by atomic mass is 10.1. The number of anilines is 1. The van der Waals surface area contributed by atoms with Crippen molar-refractivity contribution in [2.24, 2.45) is 0 Å². The average molecular weight is 389 g/mol. The van der Waals surface area contributed by atoms with Gasteiger partial charge in [0.25, 0.3) is 0 Å². The second-order valence-electron chi connectivity index (χ2n) is 6.70. The molecule has 1 amide bonds.